The number of methoxy groups -OCH3 is 2. The number of ether oxygens (including phenoxy) is 4. The Morgan fingerprint density at radius 3 is 2.10 bits per heavy atom. The Labute approximate surface area is 237 Å². The number of aromatic nitrogens is 4. The summed E-state index contributed by atoms with van der Waals surface area (Å²) in [4.78, 5) is 12.6. The highest BCUT2D eigenvalue weighted by atomic mass is 16.6. The lowest BCUT2D eigenvalue weighted by Crippen LogP contribution is -2.35. The largest absolute Gasteiger partial charge is 0.497 e. The van der Waals surface area contributed by atoms with Gasteiger partial charge in [0.05, 0.1) is 33.3 Å². The monoisotopic (exact) mass is 553 g/mol. The highest BCUT2D eigenvalue weighted by molar-refractivity contribution is 5.81. The summed E-state index contributed by atoms with van der Waals surface area (Å²) in [5, 5.41) is 11.0. The van der Waals surface area contributed by atoms with Gasteiger partial charge in [-0.05, 0) is 41.0 Å². The van der Waals surface area contributed by atoms with Crippen LogP contribution < -0.4 is 15.2 Å². The van der Waals surface area contributed by atoms with E-state index in [1.54, 1.807) is 25.1 Å². The van der Waals surface area contributed by atoms with Crippen LogP contribution in [0.1, 0.15) is 29.3 Å². The minimum Gasteiger partial charge on any atom is -0.497 e. The summed E-state index contributed by atoms with van der Waals surface area (Å²) in [5.41, 5.74) is 8.70. The molecule has 0 saturated carbocycles. The molecule has 1 saturated heterocycles. The molecule has 1 aliphatic rings. The summed E-state index contributed by atoms with van der Waals surface area (Å²) in [6.45, 7) is 0.199. The Morgan fingerprint density at radius 2 is 1.49 bits per heavy atom. The number of nitrogens with zero attached hydrogens (tertiary/aromatic N) is 4. The van der Waals surface area contributed by atoms with Gasteiger partial charge in [0.15, 0.2) is 17.7 Å². The first kappa shape index (κ1) is 26.7. The van der Waals surface area contributed by atoms with Crippen LogP contribution in [0, 0.1) is 0 Å². The summed E-state index contributed by atoms with van der Waals surface area (Å²) < 4.78 is 25.9. The molecule has 0 aliphatic carbocycles. The molecule has 210 valence electrons. The van der Waals surface area contributed by atoms with Gasteiger partial charge < -0.3 is 29.8 Å². The second kappa shape index (κ2) is 11.2. The zero-order chi connectivity index (χ0) is 28.4. The zero-order valence-corrected chi connectivity index (χ0v) is 22.8. The van der Waals surface area contributed by atoms with Gasteiger partial charge in [-0.1, -0.05) is 54.6 Å². The molecule has 1 aliphatic heterocycles. The molecular weight excluding hydrogens is 522 g/mol. The van der Waals surface area contributed by atoms with Crippen LogP contribution in [0.4, 0.5) is 5.82 Å². The second-order valence-electron chi connectivity index (χ2n) is 9.85. The maximum absolute atomic E-state index is 11.0. The van der Waals surface area contributed by atoms with Crippen LogP contribution in [0.15, 0.2) is 91.5 Å². The van der Waals surface area contributed by atoms with Gasteiger partial charge >= 0.3 is 0 Å². The summed E-state index contributed by atoms with van der Waals surface area (Å²) in [7, 11) is 3.28. The fourth-order valence-electron chi connectivity index (χ4n) is 5.44. The zero-order valence-electron chi connectivity index (χ0n) is 22.8. The van der Waals surface area contributed by atoms with Crippen LogP contribution in [0.2, 0.25) is 0 Å². The second-order valence-corrected chi connectivity index (χ2v) is 9.85. The van der Waals surface area contributed by atoms with Crippen molar-refractivity contribution in [1.82, 2.24) is 19.5 Å². The molecule has 10 nitrogen and oxygen atoms in total. The predicted molar refractivity (Wildman–Crippen MR) is 153 cm³/mol. The quantitative estimate of drug-likeness (QED) is 0.260. The number of aliphatic hydroxyl groups excluding tert-OH is 1. The molecule has 0 amide bonds. The Morgan fingerprint density at radius 1 is 0.878 bits per heavy atom. The third-order valence-corrected chi connectivity index (χ3v) is 7.49. The third-order valence-electron chi connectivity index (χ3n) is 7.49. The number of fused-ring (bicyclic) bond motifs is 1. The molecule has 0 bridgehead atoms. The fraction of sp³-hybridized carbons (Fsp3) is 0.258. The number of nitrogen functional groups attached to an aromatic ring is 1. The van der Waals surface area contributed by atoms with E-state index < -0.39 is 24.0 Å². The van der Waals surface area contributed by atoms with E-state index in [-0.39, 0.29) is 12.4 Å². The first-order valence-corrected chi connectivity index (χ1v) is 13.3. The van der Waals surface area contributed by atoms with Crippen molar-refractivity contribution >= 4 is 17.0 Å². The first-order chi connectivity index (χ1) is 20.0. The number of hydrogen-bond acceptors (Lipinski definition) is 9. The highest BCUT2D eigenvalue weighted by Gasteiger charge is 2.42. The minimum atomic E-state index is -0.990. The Kier molecular flexibility index (Phi) is 7.27. The number of benzene rings is 3. The van der Waals surface area contributed by atoms with Gasteiger partial charge in [0.2, 0.25) is 0 Å². The molecule has 5 aromatic rings. The third kappa shape index (κ3) is 4.86. The van der Waals surface area contributed by atoms with Gasteiger partial charge in [0, 0.05) is 6.42 Å². The van der Waals surface area contributed by atoms with E-state index in [1.807, 2.05) is 78.9 Å². The molecule has 3 aromatic carbocycles. The number of rotatable bonds is 9. The first-order valence-electron chi connectivity index (χ1n) is 13.3. The average Bonchev–Trinajstić information content (AvgIpc) is 3.62. The SMILES string of the molecule is COc1ccc(C(OC[C@@H]2C[C@@H](O)[C@H](n3cnc4c(N)ncnc43)O2)(c2ccccc2)c2ccc(OC)cc2)cc1. The molecule has 6 rings (SSSR count). The van der Waals surface area contributed by atoms with Crippen LogP contribution in [0.5, 0.6) is 11.5 Å². The number of aliphatic hydroxyl groups is 1. The smallest absolute Gasteiger partial charge is 0.167 e. The average molecular weight is 554 g/mol. The Hall–Kier alpha value is -4.51. The van der Waals surface area contributed by atoms with Crippen molar-refractivity contribution in [3.05, 3.63) is 108 Å². The van der Waals surface area contributed by atoms with E-state index in [0.717, 1.165) is 28.2 Å². The Balaban J connectivity index is 1.36. The maximum atomic E-state index is 11.0. The van der Waals surface area contributed by atoms with Gasteiger partial charge in [0.1, 0.15) is 35.0 Å². The summed E-state index contributed by atoms with van der Waals surface area (Å²) in [6.07, 6.45) is 1.39. The van der Waals surface area contributed by atoms with Crippen molar-refractivity contribution in [1.29, 1.82) is 0 Å². The molecule has 41 heavy (non-hydrogen) atoms. The number of anilines is 1. The molecule has 3 heterocycles. The van der Waals surface area contributed by atoms with Gasteiger partial charge in [-0.25, -0.2) is 15.0 Å². The number of imidazole rings is 1. The van der Waals surface area contributed by atoms with Crippen LogP contribution in [-0.4, -0.2) is 57.7 Å². The number of nitrogens with two attached hydrogens (primary N) is 1. The van der Waals surface area contributed by atoms with Crippen LogP contribution in [-0.2, 0) is 15.1 Å². The normalized spacial score (nSPS) is 19.0. The van der Waals surface area contributed by atoms with Gasteiger partial charge in [-0.2, -0.15) is 0 Å². The minimum absolute atomic E-state index is 0.199. The standard InChI is InChI=1S/C31H31N5O5/c1-38-23-12-8-21(9-13-23)31(20-6-4-3-5-7-20,22-10-14-24(39-2)15-11-22)40-17-25-16-26(37)30(41-25)36-19-35-27-28(32)33-18-34-29(27)36/h3-15,18-19,25-26,30,37H,16-17H2,1-2H3,(H2,32,33,34)/t25-,26+,30+/m0/s1. The van der Waals surface area contributed by atoms with E-state index in [2.05, 4.69) is 15.0 Å². The van der Waals surface area contributed by atoms with Gasteiger partial charge in [-0.3, -0.25) is 4.57 Å². The lowest BCUT2D eigenvalue weighted by Gasteiger charge is -2.37. The van der Waals surface area contributed by atoms with Crippen LogP contribution in [0.25, 0.3) is 11.2 Å². The molecular formula is C31H31N5O5. The topological polar surface area (TPSA) is 127 Å². The predicted octanol–water partition coefficient (Wildman–Crippen LogP) is 4.08. The van der Waals surface area contributed by atoms with Crippen molar-refractivity contribution < 1.29 is 24.1 Å². The molecule has 0 unspecified atom stereocenters. The highest BCUT2D eigenvalue weighted by Crippen LogP contribution is 2.43. The molecule has 10 heteroatoms. The fourth-order valence-corrected chi connectivity index (χ4v) is 5.44. The van der Waals surface area contributed by atoms with Crippen molar-refractivity contribution in [3.63, 3.8) is 0 Å². The molecule has 0 spiro atoms. The number of hydrogen-bond donors (Lipinski definition) is 2. The summed E-state index contributed by atoms with van der Waals surface area (Å²) in [6, 6.07) is 25.7. The van der Waals surface area contributed by atoms with Crippen LogP contribution in [0.3, 0.4) is 0 Å². The lowest BCUT2D eigenvalue weighted by atomic mass is 9.80. The van der Waals surface area contributed by atoms with E-state index in [1.165, 1.54) is 6.33 Å². The lowest BCUT2D eigenvalue weighted by molar-refractivity contribution is -0.0851. The van der Waals surface area contributed by atoms with E-state index in [4.69, 9.17) is 24.7 Å². The molecule has 3 atom stereocenters. The van der Waals surface area contributed by atoms with Gasteiger partial charge in [-0.15, -0.1) is 0 Å². The molecule has 1 fully saturated rings. The summed E-state index contributed by atoms with van der Waals surface area (Å²) >= 11 is 0. The Bertz CT molecular complexity index is 1560. The van der Waals surface area contributed by atoms with Crippen molar-refractivity contribution in [2.45, 2.75) is 30.5 Å². The van der Waals surface area contributed by atoms with Crippen molar-refractivity contribution in [3.8, 4) is 11.5 Å². The van der Waals surface area contributed by atoms with Crippen LogP contribution >= 0.6 is 0 Å². The van der Waals surface area contributed by atoms with Gasteiger partial charge in [0.25, 0.3) is 0 Å². The van der Waals surface area contributed by atoms with E-state index in [9.17, 15) is 5.11 Å². The van der Waals surface area contributed by atoms with E-state index in [0.29, 0.717) is 17.6 Å². The molecule has 0 radical (unpaired) electrons. The van der Waals surface area contributed by atoms with Crippen molar-refractivity contribution in [2.75, 3.05) is 26.6 Å². The maximum Gasteiger partial charge on any atom is 0.167 e. The van der Waals surface area contributed by atoms with E-state index >= 15 is 0 Å². The molecule has 2 aromatic heterocycles. The van der Waals surface area contributed by atoms with Crippen molar-refractivity contribution in [2.24, 2.45) is 0 Å². The molecule has 3 N–H and O–H groups in total. The summed E-state index contributed by atoms with van der Waals surface area (Å²) in [5.74, 6) is 1.76.